The fourth-order valence-electron chi connectivity index (χ4n) is 1.79. The molecule has 3 aromatic rings. The molecular weight excluding hydrogens is 276 g/mol. The van der Waals surface area contributed by atoms with Crippen molar-refractivity contribution in [2.45, 2.75) is 13.1 Å². The lowest BCUT2D eigenvalue weighted by Crippen LogP contribution is -2.19. The minimum absolute atomic E-state index is 0.105. The van der Waals surface area contributed by atoms with Crippen molar-refractivity contribution in [1.82, 2.24) is 20.0 Å². The molecule has 0 saturated heterocycles. The molecule has 0 aliphatic carbocycles. The summed E-state index contributed by atoms with van der Waals surface area (Å²) in [5, 5.41) is 10.5. The van der Waals surface area contributed by atoms with E-state index in [-0.39, 0.29) is 12.5 Å². The molecule has 0 spiro atoms. The Labute approximate surface area is 118 Å². The van der Waals surface area contributed by atoms with Gasteiger partial charge in [-0.1, -0.05) is 5.21 Å². The van der Waals surface area contributed by atoms with E-state index in [4.69, 9.17) is 5.73 Å². The number of anilines is 1. The van der Waals surface area contributed by atoms with Crippen LogP contribution in [0.2, 0.25) is 0 Å². The Morgan fingerprint density at radius 1 is 1.45 bits per heavy atom. The summed E-state index contributed by atoms with van der Waals surface area (Å²) >= 11 is 1.54. The van der Waals surface area contributed by atoms with Gasteiger partial charge in [-0.05, 0) is 18.2 Å². The number of carbonyl (C=O) groups is 1. The topological polar surface area (TPSA) is 98.7 Å². The van der Waals surface area contributed by atoms with Crippen LogP contribution in [0.4, 0.5) is 5.69 Å². The summed E-state index contributed by atoms with van der Waals surface area (Å²) < 4.78 is 2.50. The second-order valence-corrected chi connectivity index (χ2v) is 5.08. The maximum atomic E-state index is 11.9. The van der Waals surface area contributed by atoms with Crippen LogP contribution in [0.3, 0.4) is 0 Å². The zero-order chi connectivity index (χ0) is 13.9. The molecule has 20 heavy (non-hydrogen) atoms. The Hall–Kier alpha value is -2.32. The van der Waals surface area contributed by atoms with E-state index in [9.17, 15) is 4.79 Å². The summed E-state index contributed by atoms with van der Waals surface area (Å²) in [7, 11) is 0. The molecule has 2 aromatic heterocycles. The van der Waals surface area contributed by atoms with Crippen LogP contribution in [-0.4, -0.2) is 25.9 Å². The Bertz CT molecular complexity index is 749. The molecule has 1 amide bonds. The quantitative estimate of drug-likeness (QED) is 0.745. The number of rotatable bonds is 4. The highest BCUT2D eigenvalue weighted by molar-refractivity contribution is 7.16. The van der Waals surface area contributed by atoms with Crippen molar-refractivity contribution in [3.63, 3.8) is 0 Å². The molecule has 0 saturated carbocycles. The summed E-state index contributed by atoms with van der Waals surface area (Å²) in [6, 6.07) is 5.60. The molecule has 3 N–H and O–H groups in total. The number of hydrogen-bond donors (Lipinski definition) is 2. The molecule has 3 rings (SSSR count). The number of fused-ring (bicyclic) bond motifs is 1. The van der Waals surface area contributed by atoms with Crippen LogP contribution >= 0.6 is 11.3 Å². The van der Waals surface area contributed by atoms with Gasteiger partial charge < -0.3 is 11.1 Å². The van der Waals surface area contributed by atoms with E-state index in [1.807, 2.05) is 18.2 Å². The average Bonchev–Trinajstić information content (AvgIpc) is 3.06. The molecule has 7 nitrogen and oxygen atoms in total. The van der Waals surface area contributed by atoms with Crippen LogP contribution in [0.1, 0.15) is 5.69 Å². The Morgan fingerprint density at radius 2 is 2.35 bits per heavy atom. The monoisotopic (exact) mass is 288 g/mol. The first-order valence-corrected chi connectivity index (χ1v) is 6.85. The minimum atomic E-state index is -0.165. The number of thiazole rings is 1. The Morgan fingerprint density at radius 3 is 3.15 bits per heavy atom. The van der Waals surface area contributed by atoms with Crippen LogP contribution in [0.15, 0.2) is 29.9 Å². The molecule has 1 aromatic carbocycles. The van der Waals surface area contributed by atoms with Gasteiger partial charge in [0.05, 0.1) is 27.6 Å². The van der Waals surface area contributed by atoms with Gasteiger partial charge in [0.1, 0.15) is 6.54 Å². The van der Waals surface area contributed by atoms with E-state index in [0.717, 1.165) is 15.9 Å². The molecule has 0 aliphatic rings. The van der Waals surface area contributed by atoms with Crippen molar-refractivity contribution in [2.75, 3.05) is 5.32 Å². The van der Waals surface area contributed by atoms with Crippen LogP contribution in [0.5, 0.6) is 0 Å². The van der Waals surface area contributed by atoms with Crippen LogP contribution < -0.4 is 11.1 Å². The number of carbonyl (C=O) groups excluding carboxylic acids is 1. The first-order valence-electron chi connectivity index (χ1n) is 5.97. The number of nitrogens with two attached hydrogens (primary N) is 1. The smallest absolute Gasteiger partial charge is 0.246 e. The highest BCUT2D eigenvalue weighted by atomic mass is 32.1. The number of nitrogens with zero attached hydrogens (tertiary/aromatic N) is 4. The lowest BCUT2D eigenvalue weighted by molar-refractivity contribution is -0.116. The second kappa shape index (κ2) is 5.35. The van der Waals surface area contributed by atoms with Crippen LogP contribution in [0.25, 0.3) is 10.2 Å². The van der Waals surface area contributed by atoms with Gasteiger partial charge >= 0.3 is 0 Å². The van der Waals surface area contributed by atoms with Gasteiger partial charge in [-0.3, -0.25) is 4.79 Å². The van der Waals surface area contributed by atoms with E-state index in [1.165, 1.54) is 16.0 Å². The highest BCUT2D eigenvalue weighted by Gasteiger charge is 2.07. The number of amides is 1. The third kappa shape index (κ3) is 2.65. The van der Waals surface area contributed by atoms with Gasteiger partial charge in [0.15, 0.2) is 0 Å². The van der Waals surface area contributed by atoms with Crippen molar-refractivity contribution in [3.05, 3.63) is 35.6 Å². The maximum Gasteiger partial charge on any atom is 0.246 e. The van der Waals surface area contributed by atoms with Crippen molar-refractivity contribution in [3.8, 4) is 0 Å². The summed E-state index contributed by atoms with van der Waals surface area (Å²) in [5.74, 6) is -0.165. The molecule has 0 unspecified atom stereocenters. The first-order chi connectivity index (χ1) is 9.74. The van der Waals surface area contributed by atoms with Crippen molar-refractivity contribution < 1.29 is 4.79 Å². The van der Waals surface area contributed by atoms with E-state index in [0.29, 0.717) is 12.2 Å². The van der Waals surface area contributed by atoms with Gasteiger partial charge in [-0.2, -0.15) is 0 Å². The lowest BCUT2D eigenvalue weighted by Gasteiger charge is -2.04. The van der Waals surface area contributed by atoms with Crippen molar-refractivity contribution in [1.29, 1.82) is 0 Å². The Kier molecular flexibility index (Phi) is 3.40. The molecular formula is C12H12N6OS. The zero-order valence-corrected chi connectivity index (χ0v) is 11.3. The van der Waals surface area contributed by atoms with Gasteiger partial charge in [0, 0.05) is 12.2 Å². The molecule has 0 bridgehead atoms. The molecule has 2 heterocycles. The summed E-state index contributed by atoms with van der Waals surface area (Å²) in [6.07, 6.45) is 1.66. The molecule has 102 valence electrons. The fourth-order valence-corrected chi connectivity index (χ4v) is 2.51. The fraction of sp³-hybridized carbons (Fsp3) is 0.167. The molecule has 0 aliphatic heterocycles. The van der Waals surface area contributed by atoms with Gasteiger partial charge in [0.25, 0.3) is 0 Å². The predicted octanol–water partition coefficient (Wildman–Crippen LogP) is 0.985. The summed E-state index contributed by atoms with van der Waals surface area (Å²) in [6.45, 7) is 0.414. The van der Waals surface area contributed by atoms with Crippen LogP contribution in [0, 0.1) is 0 Å². The summed E-state index contributed by atoms with van der Waals surface area (Å²) in [5.41, 5.74) is 9.54. The molecule has 8 heteroatoms. The SMILES string of the molecule is NCc1cn(CC(=O)Nc2ccc3ncsc3c2)nn1. The number of benzene rings is 1. The third-order valence-corrected chi connectivity index (χ3v) is 3.51. The third-order valence-electron chi connectivity index (χ3n) is 2.72. The standard InChI is InChI=1S/C12H12N6OS/c13-4-9-5-18(17-16-9)6-12(19)15-8-1-2-10-11(3-8)20-7-14-10/h1-3,5,7H,4,6,13H2,(H,15,19). The second-order valence-electron chi connectivity index (χ2n) is 4.19. The van der Waals surface area contributed by atoms with Gasteiger partial charge in [-0.15, -0.1) is 16.4 Å². The predicted molar refractivity (Wildman–Crippen MR) is 76.2 cm³/mol. The van der Waals surface area contributed by atoms with Crippen LogP contribution in [-0.2, 0) is 17.9 Å². The molecule has 0 atom stereocenters. The summed E-state index contributed by atoms with van der Waals surface area (Å²) in [4.78, 5) is 16.1. The average molecular weight is 288 g/mol. The zero-order valence-electron chi connectivity index (χ0n) is 10.5. The number of aromatic nitrogens is 4. The van der Waals surface area contributed by atoms with Gasteiger partial charge in [-0.25, -0.2) is 9.67 Å². The number of nitrogens with one attached hydrogen (secondary N) is 1. The lowest BCUT2D eigenvalue weighted by atomic mass is 10.3. The normalized spacial score (nSPS) is 10.8. The molecule has 0 fully saturated rings. The Balaban J connectivity index is 1.68. The number of hydrogen-bond acceptors (Lipinski definition) is 6. The highest BCUT2D eigenvalue weighted by Crippen LogP contribution is 2.21. The van der Waals surface area contributed by atoms with E-state index < -0.39 is 0 Å². The van der Waals surface area contributed by atoms with Crippen molar-refractivity contribution >= 4 is 33.1 Å². The van der Waals surface area contributed by atoms with E-state index in [1.54, 1.807) is 11.7 Å². The first kappa shape index (κ1) is 12.7. The molecule has 0 radical (unpaired) electrons. The van der Waals surface area contributed by atoms with E-state index in [2.05, 4.69) is 20.6 Å². The minimum Gasteiger partial charge on any atom is -0.325 e. The van der Waals surface area contributed by atoms with Gasteiger partial charge in [0.2, 0.25) is 5.91 Å². The largest absolute Gasteiger partial charge is 0.325 e. The maximum absolute atomic E-state index is 11.9. The van der Waals surface area contributed by atoms with E-state index >= 15 is 0 Å². The van der Waals surface area contributed by atoms with Crippen molar-refractivity contribution in [2.24, 2.45) is 5.73 Å².